The Kier molecular flexibility index (Phi) is 4.52. The third kappa shape index (κ3) is 3.55. The topological polar surface area (TPSA) is 80.9 Å². The molecule has 5 rings (SSSR count). The van der Waals surface area contributed by atoms with E-state index in [1.165, 1.54) is 5.56 Å². The molecule has 150 valence electrons. The highest BCUT2D eigenvalue weighted by molar-refractivity contribution is 5.88. The Balaban J connectivity index is 1.68. The molecule has 5 aromatic rings. The first kappa shape index (κ1) is 18.7. The zero-order valence-corrected chi connectivity index (χ0v) is 16.7. The molecule has 0 spiro atoms. The Morgan fingerprint density at radius 2 is 1.48 bits per heavy atom. The number of hydrogen-bond donors (Lipinski definition) is 1. The fourth-order valence-electron chi connectivity index (χ4n) is 3.52. The van der Waals surface area contributed by atoms with Gasteiger partial charge in [0.2, 0.25) is 0 Å². The smallest absolute Gasteiger partial charge is 0.335 e. The number of carbonyl (C=O) groups is 1. The maximum Gasteiger partial charge on any atom is 0.335 e. The highest BCUT2D eigenvalue weighted by atomic mass is 16.4. The van der Waals surface area contributed by atoms with Gasteiger partial charge >= 0.3 is 5.97 Å². The molecule has 2 heterocycles. The molecular weight excluding hydrogens is 388 g/mol. The second-order valence-electron chi connectivity index (χ2n) is 7.30. The number of carboxylic acids is 1. The van der Waals surface area contributed by atoms with Gasteiger partial charge < -0.3 is 5.11 Å². The van der Waals surface area contributed by atoms with E-state index in [9.17, 15) is 9.90 Å². The van der Waals surface area contributed by atoms with E-state index in [2.05, 4.69) is 22.1 Å². The molecule has 0 atom stereocenters. The number of aryl methyl sites for hydroxylation is 1. The van der Waals surface area contributed by atoms with Crippen LogP contribution in [0.15, 0.2) is 85.2 Å². The van der Waals surface area contributed by atoms with Gasteiger partial charge in [-0.05, 0) is 49.4 Å². The summed E-state index contributed by atoms with van der Waals surface area (Å²) < 4.78 is 1.83. The summed E-state index contributed by atoms with van der Waals surface area (Å²) in [4.78, 5) is 20.0. The standard InChI is InChI=1S/C25H18N4O2/c1-16-2-4-17(5-3-16)22-15-24(19-8-11-21-23(14-19)27-13-12-26-21)29(28-22)20-9-6-18(7-10-20)25(30)31/h2-15H,1H3,(H,30,31). The summed E-state index contributed by atoms with van der Waals surface area (Å²) in [5, 5.41) is 14.1. The Bertz CT molecular complexity index is 1400. The average Bonchev–Trinajstić information content (AvgIpc) is 3.25. The molecule has 0 amide bonds. The molecule has 1 N–H and O–H groups in total. The highest BCUT2D eigenvalue weighted by Crippen LogP contribution is 2.30. The van der Waals surface area contributed by atoms with E-state index in [4.69, 9.17) is 5.10 Å². The Labute approximate surface area is 178 Å². The van der Waals surface area contributed by atoms with Crippen molar-refractivity contribution in [2.24, 2.45) is 0 Å². The fourth-order valence-corrected chi connectivity index (χ4v) is 3.52. The zero-order chi connectivity index (χ0) is 21.4. The van der Waals surface area contributed by atoms with Crippen LogP contribution >= 0.6 is 0 Å². The molecule has 3 aromatic carbocycles. The van der Waals surface area contributed by atoms with Gasteiger partial charge in [0.25, 0.3) is 0 Å². The predicted octanol–water partition coefficient (Wildman–Crippen LogP) is 5.16. The van der Waals surface area contributed by atoms with E-state index in [1.807, 2.05) is 48.0 Å². The van der Waals surface area contributed by atoms with Gasteiger partial charge in [-0.25, -0.2) is 9.48 Å². The number of nitrogens with zero attached hydrogens (tertiary/aromatic N) is 4. The predicted molar refractivity (Wildman–Crippen MR) is 119 cm³/mol. The van der Waals surface area contributed by atoms with Crippen molar-refractivity contribution in [1.29, 1.82) is 0 Å². The van der Waals surface area contributed by atoms with Crippen molar-refractivity contribution in [2.75, 3.05) is 0 Å². The van der Waals surface area contributed by atoms with Crippen molar-refractivity contribution in [1.82, 2.24) is 19.7 Å². The van der Waals surface area contributed by atoms with Gasteiger partial charge in [0, 0.05) is 23.5 Å². The number of aromatic carboxylic acids is 1. The Morgan fingerprint density at radius 3 is 2.19 bits per heavy atom. The van der Waals surface area contributed by atoms with Crippen LogP contribution in [-0.4, -0.2) is 30.8 Å². The third-order valence-corrected chi connectivity index (χ3v) is 5.18. The van der Waals surface area contributed by atoms with Crippen LogP contribution in [0.2, 0.25) is 0 Å². The quantitative estimate of drug-likeness (QED) is 0.446. The summed E-state index contributed by atoms with van der Waals surface area (Å²) in [6.45, 7) is 2.05. The zero-order valence-electron chi connectivity index (χ0n) is 16.7. The molecule has 6 heteroatoms. The summed E-state index contributed by atoms with van der Waals surface area (Å²) in [5.74, 6) is -0.958. The first-order valence-electron chi connectivity index (χ1n) is 9.80. The molecule has 0 saturated heterocycles. The molecule has 31 heavy (non-hydrogen) atoms. The summed E-state index contributed by atoms with van der Waals surface area (Å²) in [7, 11) is 0. The normalized spacial score (nSPS) is 11.0. The molecule has 0 aliphatic rings. The molecule has 0 fully saturated rings. The molecule has 0 aliphatic carbocycles. The maximum absolute atomic E-state index is 11.2. The lowest BCUT2D eigenvalue weighted by molar-refractivity contribution is 0.0697. The maximum atomic E-state index is 11.2. The minimum atomic E-state index is -0.958. The van der Waals surface area contributed by atoms with Crippen LogP contribution in [0.3, 0.4) is 0 Å². The van der Waals surface area contributed by atoms with Gasteiger partial charge in [-0.3, -0.25) is 9.97 Å². The van der Waals surface area contributed by atoms with Crippen LogP contribution < -0.4 is 0 Å². The highest BCUT2D eigenvalue weighted by Gasteiger charge is 2.15. The van der Waals surface area contributed by atoms with Crippen molar-refractivity contribution in [3.05, 3.63) is 96.3 Å². The fraction of sp³-hybridized carbons (Fsp3) is 0.0400. The van der Waals surface area contributed by atoms with Gasteiger partial charge in [0.15, 0.2) is 0 Å². The molecule has 0 bridgehead atoms. The molecular formula is C25H18N4O2. The number of hydrogen-bond acceptors (Lipinski definition) is 4. The minimum absolute atomic E-state index is 0.234. The molecule has 0 radical (unpaired) electrons. The third-order valence-electron chi connectivity index (χ3n) is 5.18. The number of carboxylic acid groups (broad SMARTS) is 1. The first-order valence-corrected chi connectivity index (χ1v) is 9.80. The van der Waals surface area contributed by atoms with Crippen LogP contribution in [0, 0.1) is 6.92 Å². The van der Waals surface area contributed by atoms with Crippen LogP contribution in [-0.2, 0) is 0 Å². The number of aromatic nitrogens is 4. The summed E-state index contributed by atoms with van der Waals surface area (Å²) >= 11 is 0. The monoisotopic (exact) mass is 406 g/mol. The second-order valence-corrected chi connectivity index (χ2v) is 7.30. The van der Waals surface area contributed by atoms with Gasteiger partial charge in [-0.2, -0.15) is 5.10 Å². The van der Waals surface area contributed by atoms with Crippen molar-refractivity contribution in [3.63, 3.8) is 0 Å². The van der Waals surface area contributed by atoms with E-state index in [0.29, 0.717) is 0 Å². The summed E-state index contributed by atoms with van der Waals surface area (Å²) in [6.07, 6.45) is 3.34. The second kappa shape index (κ2) is 7.50. The van der Waals surface area contributed by atoms with Crippen molar-refractivity contribution < 1.29 is 9.90 Å². The molecule has 0 unspecified atom stereocenters. The Hall–Kier alpha value is -4.32. The lowest BCUT2D eigenvalue weighted by atomic mass is 10.1. The van der Waals surface area contributed by atoms with E-state index < -0.39 is 5.97 Å². The van der Waals surface area contributed by atoms with E-state index in [0.717, 1.165) is 39.2 Å². The number of benzene rings is 3. The SMILES string of the molecule is Cc1ccc(-c2cc(-c3ccc4nccnc4c3)n(-c3ccc(C(=O)O)cc3)n2)cc1. The molecule has 0 aliphatic heterocycles. The lowest BCUT2D eigenvalue weighted by Crippen LogP contribution is -2.01. The first-order chi connectivity index (χ1) is 15.1. The van der Waals surface area contributed by atoms with E-state index in [1.54, 1.807) is 36.7 Å². The lowest BCUT2D eigenvalue weighted by Gasteiger charge is -2.08. The summed E-state index contributed by atoms with van der Waals surface area (Å²) in [5.41, 5.74) is 7.47. The van der Waals surface area contributed by atoms with Crippen molar-refractivity contribution >= 4 is 17.0 Å². The molecule has 0 saturated carbocycles. The molecule has 2 aromatic heterocycles. The summed E-state index contributed by atoms with van der Waals surface area (Å²) in [6, 6.07) is 22.9. The van der Waals surface area contributed by atoms with Crippen LogP contribution in [0.5, 0.6) is 0 Å². The van der Waals surface area contributed by atoms with Crippen LogP contribution in [0.25, 0.3) is 39.2 Å². The van der Waals surface area contributed by atoms with Crippen molar-refractivity contribution in [3.8, 4) is 28.2 Å². The Morgan fingerprint density at radius 1 is 0.806 bits per heavy atom. The van der Waals surface area contributed by atoms with Gasteiger partial charge in [-0.15, -0.1) is 0 Å². The van der Waals surface area contributed by atoms with Gasteiger partial charge in [-0.1, -0.05) is 35.9 Å². The minimum Gasteiger partial charge on any atom is -0.478 e. The van der Waals surface area contributed by atoms with E-state index >= 15 is 0 Å². The largest absolute Gasteiger partial charge is 0.478 e. The number of fused-ring (bicyclic) bond motifs is 1. The van der Waals surface area contributed by atoms with Gasteiger partial charge in [0.1, 0.15) is 0 Å². The van der Waals surface area contributed by atoms with E-state index in [-0.39, 0.29) is 5.56 Å². The average molecular weight is 406 g/mol. The van der Waals surface area contributed by atoms with Crippen LogP contribution in [0.1, 0.15) is 15.9 Å². The number of rotatable bonds is 4. The van der Waals surface area contributed by atoms with Gasteiger partial charge in [0.05, 0.1) is 33.7 Å². The van der Waals surface area contributed by atoms with Crippen molar-refractivity contribution in [2.45, 2.75) is 6.92 Å². The van der Waals surface area contributed by atoms with Crippen LogP contribution in [0.4, 0.5) is 0 Å². The molecule has 6 nitrogen and oxygen atoms in total.